The van der Waals surface area contributed by atoms with Crippen molar-refractivity contribution in [2.75, 3.05) is 11.9 Å². The van der Waals surface area contributed by atoms with Crippen LogP contribution in [0.15, 0.2) is 18.2 Å². The number of halogens is 1. The van der Waals surface area contributed by atoms with Crippen molar-refractivity contribution in [2.24, 2.45) is 5.41 Å². The third kappa shape index (κ3) is 2.47. The normalized spacial score (nSPS) is 27.6. The molecule has 1 N–H and O–H groups in total. The van der Waals surface area contributed by atoms with E-state index in [4.69, 9.17) is 4.74 Å². The van der Waals surface area contributed by atoms with E-state index < -0.39 is 0 Å². The van der Waals surface area contributed by atoms with Crippen LogP contribution in [0, 0.1) is 15.9 Å². The molecule has 2 atom stereocenters. The van der Waals surface area contributed by atoms with Crippen LogP contribution in [0.5, 0.6) is 0 Å². The fraction of sp³-hybridized carbons (Fsp3) is 0.647. The average Bonchev–Trinajstić information content (AvgIpc) is 2.92. The van der Waals surface area contributed by atoms with Crippen molar-refractivity contribution in [1.82, 2.24) is 0 Å². The van der Waals surface area contributed by atoms with E-state index >= 15 is 0 Å². The number of hydrogen-bond acceptors (Lipinski definition) is 2. The number of nitrogens with one attached hydrogen (secondary N) is 1. The minimum absolute atomic E-state index is 0.408. The molecule has 1 aromatic rings. The first-order valence-corrected chi connectivity index (χ1v) is 8.88. The molecule has 2 fully saturated rings. The quantitative estimate of drug-likeness (QED) is 0.756. The molecule has 1 spiro atoms. The Kier molecular flexibility index (Phi) is 4.27. The highest BCUT2D eigenvalue weighted by Crippen LogP contribution is 2.55. The van der Waals surface area contributed by atoms with E-state index in [1.54, 1.807) is 0 Å². The van der Waals surface area contributed by atoms with Gasteiger partial charge < -0.3 is 10.1 Å². The summed E-state index contributed by atoms with van der Waals surface area (Å²) in [5, 5.41) is 3.81. The average molecular weight is 385 g/mol. The molecule has 3 heteroatoms. The van der Waals surface area contributed by atoms with Crippen LogP contribution in [-0.2, 0) is 4.74 Å². The van der Waals surface area contributed by atoms with Gasteiger partial charge in [0.15, 0.2) is 0 Å². The van der Waals surface area contributed by atoms with Gasteiger partial charge in [0.05, 0.1) is 6.10 Å². The van der Waals surface area contributed by atoms with Crippen LogP contribution in [0.1, 0.15) is 44.6 Å². The molecule has 2 saturated carbocycles. The van der Waals surface area contributed by atoms with E-state index in [1.807, 2.05) is 0 Å². The molecule has 20 heavy (non-hydrogen) atoms. The molecule has 0 aliphatic heterocycles. The number of ether oxygens (including phenoxy) is 1. The summed E-state index contributed by atoms with van der Waals surface area (Å²) < 4.78 is 7.30. The highest BCUT2D eigenvalue weighted by Gasteiger charge is 2.56. The summed E-state index contributed by atoms with van der Waals surface area (Å²) in [5.41, 5.74) is 3.06. The zero-order chi connectivity index (χ0) is 14.2. The van der Waals surface area contributed by atoms with Crippen LogP contribution in [-0.4, -0.2) is 18.8 Å². The monoisotopic (exact) mass is 385 g/mol. The Morgan fingerprint density at radius 1 is 1.35 bits per heavy atom. The Balaban J connectivity index is 1.74. The third-order valence-electron chi connectivity index (χ3n) is 5.21. The number of aryl methyl sites for hydroxylation is 1. The Morgan fingerprint density at radius 2 is 2.10 bits per heavy atom. The molecule has 0 radical (unpaired) electrons. The SMILES string of the molecule is CCOC1CC(Nc2ccc(I)cc2C)C12CCCC2. The largest absolute Gasteiger partial charge is 0.381 e. The zero-order valence-electron chi connectivity index (χ0n) is 12.4. The lowest BCUT2D eigenvalue weighted by molar-refractivity contribution is -0.114. The molecule has 0 saturated heterocycles. The van der Waals surface area contributed by atoms with Gasteiger partial charge in [-0.1, -0.05) is 12.8 Å². The Morgan fingerprint density at radius 3 is 2.75 bits per heavy atom. The van der Waals surface area contributed by atoms with E-state index in [1.165, 1.54) is 46.9 Å². The minimum Gasteiger partial charge on any atom is -0.381 e. The van der Waals surface area contributed by atoms with Gasteiger partial charge >= 0.3 is 0 Å². The second-order valence-corrected chi connectivity index (χ2v) is 7.52. The second-order valence-electron chi connectivity index (χ2n) is 6.28. The Bertz CT molecular complexity index is 482. The molecule has 2 unspecified atom stereocenters. The fourth-order valence-electron chi connectivity index (χ4n) is 4.07. The van der Waals surface area contributed by atoms with Gasteiger partial charge in [-0.05, 0) is 79.5 Å². The standard InChI is InChI=1S/C17H24INO/c1-3-20-16-11-15(17(16)8-4-5-9-17)19-14-7-6-13(18)10-12(14)2/h6-7,10,15-16,19H,3-5,8-9,11H2,1-2H3. The van der Waals surface area contributed by atoms with Gasteiger partial charge in [-0.15, -0.1) is 0 Å². The molecule has 0 bridgehead atoms. The lowest BCUT2D eigenvalue weighted by Gasteiger charge is -2.54. The lowest BCUT2D eigenvalue weighted by atomic mass is 9.60. The van der Waals surface area contributed by atoms with E-state index in [0.29, 0.717) is 17.6 Å². The number of rotatable bonds is 4. The maximum atomic E-state index is 5.99. The summed E-state index contributed by atoms with van der Waals surface area (Å²) in [6.07, 6.45) is 7.05. The molecule has 110 valence electrons. The molecular formula is C17H24INO. The smallest absolute Gasteiger partial charge is 0.0670 e. The predicted octanol–water partition coefficient (Wildman–Crippen LogP) is 4.75. The molecule has 3 rings (SSSR count). The van der Waals surface area contributed by atoms with Gasteiger partial charge in [0, 0.05) is 27.3 Å². The summed E-state index contributed by atoms with van der Waals surface area (Å²) in [4.78, 5) is 0. The molecular weight excluding hydrogens is 361 g/mol. The van der Waals surface area contributed by atoms with Crippen molar-refractivity contribution in [3.8, 4) is 0 Å². The first-order chi connectivity index (χ1) is 9.65. The Labute approximate surface area is 135 Å². The first-order valence-electron chi connectivity index (χ1n) is 7.80. The molecule has 2 aliphatic carbocycles. The van der Waals surface area contributed by atoms with Gasteiger partial charge in [-0.25, -0.2) is 0 Å². The van der Waals surface area contributed by atoms with Gasteiger partial charge in [-0.3, -0.25) is 0 Å². The third-order valence-corrected chi connectivity index (χ3v) is 5.88. The van der Waals surface area contributed by atoms with Crippen LogP contribution < -0.4 is 5.32 Å². The van der Waals surface area contributed by atoms with Crippen LogP contribution in [0.2, 0.25) is 0 Å². The van der Waals surface area contributed by atoms with Crippen molar-refractivity contribution >= 4 is 28.3 Å². The van der Waals surface area contributed by atoms with Gasteiger partial charge in [0.1, 0.15) is 0 Å². The molecule has 1 aromatic carbocycles. The summed E-state index contributed by atoms with van der Waals surface area (Å²) >= 11 is 2.38. The molecule has 0 aromatic heterocycles. The van der Waals surface area contributed by atoms with Crippen LogP contribution in [0.25, 0.3) is 0 Å². The van der Waals surface area contributed by atoms with Crippen molar-refractivity contribution in [2.45, 2.75) is 58.1 Å². The highest BCUT2D eigenvalue weighted by molar-refractivity contribution is 14.1. The van der Waals surface area contributed by atoms with Crippen molar-refractivity contribution in [3.05, 3.63) is 27.3 Å². The van der Waals surface area contributed by atoms with Crippen molar-refractivity contribution in [3.63, 3.8) is 0 Å². The number of hydrogen-bond donors (Lipinski definition) is 1. The molecule has 2 aliphatic rings. The molecule has 0 amide bonds. The van der Waals surface area contributed by atoms with E-state index in [9.17, 15) is 0 Å². The number of benzene rings is 1. The second kappa shape index (κ2) is 5.84. The fourth-order valence-corrected chi connectivity index (χ4v) is 4.71. The van der Waals surface area contributed by atoms with Crippen LogP contribution in [0.3, 0.4) is 0 Å². The van der Waals surface area contributed by atoms with Crippen molar-refractivity contribution in [1.29, 1.82) is 0 Å². The van der Waals surface area contributed by atoms with E-state index in [-0.39, 0.29) is 0 Å². The summed E-state index contributed by atoms with van der Waals surface area (Å²) in [5.74, 6) is 0. The lowest BCUT2D eigenvalue weighted by Crippen LogP contribution is -2.60. The Hall–Kier alpha value is -0.290. The maximum Gasteiger partial charge on any atom is 0.0670 e. The van der Waals surface area contributed by atoms with Crippen LogP contribution >= 0.6 is 22.6 Å². The van der Waals surface area contributed by atoms with Gasteiger partial charge in [0.25, 0.3) is 0 Å². The number of anilines is 1. The maximum absolute atomic E-state index is 5.99. The van der Waals surface area contributed by atoms with E-state index in [0.717, 1.165) is 6.61 Å². The summed E-state index contributed by atoms with van der Waals surface area (Å²) in [6.45, 7) is 5.17. The first kappa shape index (κ1) is 14.6. The zero-order valence-corrected chi connectivity index (χ0v) is 14.6. The summed E-state index contributed by atoms with van der Waals surface area (Å²) in [6, 6.07) is 7.27. The highest BCUT2D eigenvalue weighted by atomic mass is 127. The predicted molar refractivity (Wildman–Crippen MR) is 92.2 cm³/mol. The van der Waals surface area contributed by atoms with Gasteiger partial charge in [0.2, 0.25) is 0 Å². The van der Waals surface area contributed by atoms with Crippen LogP contribution in [0.4, 0.5) is 5.69 Å². The molecule has 2 nitrogen and oxygen atoms in total. The summed E-state index contributed by atoms with van der Waals surface area (Å²) in [7, 11) is 0. The van der Waals surface area contributed by atoms with Gasteiger partial charge in [-0.2, -0.15) is 0 Å². The topological polar surface area (TPSA) is 21.3 Å². The van der Waals surface area contributed by atoms with E-state index in [2.05, 4.69) is 60.0 Å². The molecule has 0 heterocycles. The van der Waals surface area contributed by atoms with Crippen molar-refractivity contribution < 1.29 is 4.74 Å². The minimum atomic E-state index is 0.408.